The minimum atomic E-state index is -0.270. The summed E-state index contributed by atoms with van der Waals surface area (Å²) in [7, 11) is 0. The van der Waals surface area contributed by atoms with E-state index in [4.69, 9.17) is 9.47 Å². The first-order valence-corrected chi connectivity index (χ1v) is 9.55. The van der Waals surface area contributed by atoms with Crippen LogP contribution >= 0.6 is 0 Å². The molecule has 0 saturated carbocycles. The molecule has 0 radical (unpaired) electrons. The maximum absolute atomic E-state index is 11.2. The van der Waals surface area contributed by atoms with Crippen molar-refractivity contribution in [2.75, 3.05) is 26.3 Å². The number of aryl methyl sites for hydroxylation is 1. The Morgan fingerprint density at radius 3 is 2.64 bits per heavy atom. The molecular formula is C21H29NO3. The summed E-state index contributed by atoms with van der Waals surface area (Å²) in [5.74, 6) is 1.29. The van der Waals surface area contributed by atoms with Crippen molar-refractivity contribution in [1.29, 1.82) is 0 Å². The van der Waals surface area contributed by atoms with Crippen LogP contribution in [-0.4, -0.2) is 41.9 Å². The molecule has 3 aliphatic rings. The van der Waals surface area contributed by atoms with E-state index >= 15 is 0 Å². The number of fused-ring (bicyclic) bond motifs is 2. The summed E-state index contributed by atoms with van der Waals surface area (Å²) < 4.78 is 11.8. The molecule has 2 aliphatic heterocycles. The van der Waals surface area contributed by atoms with Crippen molar-refractivity contribution in [3.63, 3.8) is 0 Å². The second-order valence-electron chi connectivity index (χ2n) is 8.06. The summed E-state index contributed by atoms with van der Waals surface area (Å²) in [4.78, 5) is 2.36. The van der Waals surface area contributed by atoms with Gasteiger partial charge in [-0.1, -0.05) is 0 Å². The van der Waals surface area contributed by atoms with Crippen LogP contribution in [0.2, 0.25) is 0 Å². The molecule has 0 amide bonds. The number of benzene rings is 1. The first kappa shape index (κ1) is 16.9. The van der Waals surface area contributed by atoms with Gasteiger partial charge in [0.2, 0.25) is 0 Å². The van der Waals surface area contributed by atoms with Crippen molar-refractivity contribution in [2.45, 2.75) is 58.6 Å². The first-order chi connectivity index (χ1) is 12.0. The van der Waals surface area contributed by atoms with Gasteiger partial charge in [-0.3, -0.25) is 4.90 Å². The van der Waals surface area contributed by atoms with Gasteiger partial charge in [0.25, 0.3) is 0 Å². The molecule has 25 heavy (non-hydrogen) atoms. The lowest BCUT2D eigenvalue weighted by Crippen LogP contribution is -2.37. The molecule has 136 valence electrons. The fourth-order valence-electron chi connectivity index (χ4n) is 4.55. The lowest BCUT2D eigenvalue weighted by atomic mass is 9.77. The minimum Gasteiger partial charge on any atom is -0.507 e. The highest BCUT2D eigenvalue weighted by molar-refractivity contribution is 5.82. The predicted molar refractivity (Wildman–Crippen MR) is 99.0 cm³/mol. The Hall–Kier alpha value is -1.52. The highest BCUT2D eigenvalue weighted by Crippen LogP contribution is 2.51. The fraction of sp³-hybridized carbons (Fsp3) is 0.619. The van der Waals surface area contributed by atoms with Crippen molar-refractivity contribution in [3.8, 4) is 11.5 Å². The third-order valence-corrected chi connectivity index (χ3v) is 5.94. The summed E-state index contributed by atoms with van der Waals surface area (Å²) in [5, 5.41) is 11.2. The van der Waals surface area contributed by atoms with Gasteiger partial charge in [-0.25, -0.2) is 0 Å². The molecule has 1 N–H and O–H groups in total. The van der Waals surface area contributed by atoms with E-state index in [0.29, 0.717) is 5.75 Å². The maximum atomic E-state index is 11.2. The van der Waals surface area contributed by atoms with E-state index in [9.17, 15) is 5.11 Å². The molecule has 0 aromatic heterocycles. The van der Waals surface area contributed by atoms with Crippen LogP contribution in [0.5, 0.6) is 11.5 Å². The number of hydrogen-bond donors (Lipinski definition) is 1. The van der Waals surface area contributed by atoms with E-state index in [1.165, 1.54) is 24.0 Å². The normalized spacial score (nSPS) is 23.0. The Labute approximate surface area is 150 Å². The Morgan fingerprint density at radius 1 is 1.16 bits per heavy atom. The SMILES string of the molecule is Cc1cc2c(c(O)c1CN1CCOCC1)C1=C(CCCC1)C(C)(C)O2. The van der Waals surface area contributed by atoms with Crippen molar-refractivity contribution >= 4 is 5.57 Å². The van der Waals surface area contributed by atoms with Crippen LogP contribution in [0.15, 0.2) is 11.6 Å². The lowest BCUT2D eigenvalue weighted by molar-refractivity contribution is 0.0337. The molecule has 1 aromatic rings. The molecule has 0 spiro atoms. The Bertz CT molecular complexity index is 714. The van der Waals surface area contributed by atoms with Gasteiger partial charge < -0.3 is 14.6 Å². The molecule has 4 heteroatoms. The van der Waals surface area contributed by atoms with E-state index < -0.39 is 0 Å². The maximum Gasteiger partial charge on any atom is 0.132 e. The second kappa shape index (κ2) is 6.33. The standard InChI is InChI=1S/C21H29NO3/c1-14-12-18-19(15-6-4-5-7-17(15)21(2,3)25-18)20(23)16(14)13-22-8-10-24-11-9-22/h12,23H,4-11,13H2,1-3H3. The molecule has 0 bridgehead atoms. The number of morpholine rings is 1. The van der Waals surface area contributed by atoms with Crippen LogP contribution in [0.4, 0.5) is 0 Å². The number of phenolic OH excluding ortho intramolecular Hbond substituents is 1. The monoisotopic (exact) mass is 343 g/mol. The summed E-state index contributed by atoms with van der Waals surface area (Å²) >= 11 is 0. The van der Waals surface area contributed by atoms with Crippen molar-refractivity contribution in [3.05, 3.63) is 28.3 Å². The van der Waals surface area contributed by atoms with Crippen LogP contribution in [0.1, 0.15) is 56.2 Å². The van der Waals surface area contributed by atoms with Gasteiger partial charge in [-0.15, -0.1) is 0 Å². The third kappa shape index (κ3) is 2.96. The van der Waals surface area contributed by atoms with Gasteiger partial charge in [0.15, 0.2) is 0 Å². The molecule has 0 atom stereocenters. The molecule has 1 aliphatic carbocycles. The number of allylic oxidation sites excluding steroid dienone is 1. The van der Waals surface area contributed by atoms with Crippen LogP contribution in [0.25, 0.3) is 5.57 Å². The Balaban J connectivity index is 1.78. The van der Waals surface area contributed by atoms with E-state index in [2.05, 4.69) is 31.7 Å². The zero-order valence-corrected chi connectivity index (χ0v) is 15.7. The number of hydrogen-bond acceptors (Lipinski definition) is 4. The third-order valence-electron chi connectivity index (χ3n) is 5.94. The summed E-state index contributed by atoms with van der Waals surface area (Å²) in [6, 6.07) is 2.13. The quantitative estimate of drug-likeness (QED) is 0.880. The van der Waals surface area contributed by atoms with Crippen LogP contribution in [0, 0.1) is 6.92 Å². The number of nitrogens with zero attached hydrogens (tertiary/aromatic N) is 1. The largest absolute Gasteiger partial charge is 0.507 e. The van der Waals surface area contributed by atoms with E-state index in [-0.39, 0.29) is 5.60 Å². The summed E-state index contributed by atoms with van der Waals surface area (Å²) in [5.41, 5.74) is 5.55. The lowest BCUT2D eigenvalue weighted by Gasteiger charge is -2.40. The average Bonchev–Trinajstić information content (AvgIpc) is 2.59. The smallest absolute Gasteiger partial charge is 0.132 e. The molecule has 0 unspecified atom stereocenters. The van der Waals surface area contributed by atoms with Crippen LogP contribution in [0.3, 0.4) is 0 Å². The highest BCUT2D eigenvalue weighted by atomic mass is 16.5. The van der Waals surface area contributed by atoms with Crippen molar-refractivity contribution < 1.29 is 14.6 Å². The zero-order chi connectivity index (χ0) is 17.6. The summed E-state index contributed by atoms with van der Waals surface area (Å²) in [6.07, 6.45) is 4.53. The van der Waals surface area contributed by atoms with Gasteiger partial charge in [-0.05, 0) is 69.2 Å². The molecule has 4 rings (SSSR count). The van der Waals surface area contributed by atoms with Crippen LogP contribution in [-0.2, 0) is 11.3 Å². The number of ether oxygens (including phenoxy) is 2. The Kier molecular flexibility index (Phi) is 4.28. The van der Waals surface area contributed by atoms with E-state index in [1.807, 2.05) is 0 Å². The Morgan fingerprint density at radius 2 is 1.88 bits per heavy atom. The second-order valence-corrected chi connectivity index (χ2v) is 8.06. The molecule has 2 heterocycles. The van der Waals surface area contributed by atoms with Gasteiger partial charge >= 0.3 is 0 Å². The topological polar surface area (TPSA) is 41.9 Å². The van der Waals surface area contributed by atoms with Gasteiger partial charge in [-0.2, -0.15) is 0 Å². The van der Waals surface area contributed by atoms with Gasteiger partial charge in [0, 0.05) is 25.2 Å². The molecule has 1 fully saturated rings. The summed E-state index contributed by atoms with van der Waals surface area (Å²) in [6.45, 7) is 10.6. The molecular weight excluding hydrogens is 314 g/mol. The minimum absolute atomic E-state index is 0.270. The molecule has 1 saturated heterocycles. The first-order valence-electron chi connectivity index (χ1n) is 9.55. The number of rotatable bonds is 2. The zero-order valence-electron chi connectivity index (χ0n) is 15.7. The van der Waals surface area contributed by atoms with Gasteiger partial charge in [0.1, 0.15) is 17.1 Å². The highest BCUT2D eigenvalue weighted by Gasteiger charge is 2.38. The fourth-order valence-corrected chi connectivity index (χ4v) is 4.55. The van der Waals surface area contributed by atoms with Crippen molar-refractivity contribution in [2.24, 2.45) is 0 Å². The number of aromatic hydroxyl groups is 1. The van der Waals surface area contributed by atoms with Gasteiger partial charge in [0.05, 0.1) is 18.8 Å². The molecule has 1 aromatic carbocycles. The predicted octanol–water partition coefficient (Wildman–Crippen LogP) is 4.03. The van der Waals surface area contributed by atoms with Crippen LogP contribution < -0.4 is 4.74 Å². The van der Waals surface area contributed by atoms with Crippen molar-refractivity contribution in [1.82, 2.24) is 4.90 Å². The molecule has 4 nitrogen and oxygen atoms in total. The average molecular weight is 343 g/mol. The van der Waals surface area contributed by atoms with E-state index in [0.717, 1.165) is 68.1 Å². The number of phenols is 1. The van der Waals surface area contributed by atoms with E-state index in [1.54, 1.807) is 0 Å².